The van der Waals surface area contributed by atoms with Crippen molar-refractivity contribution in [2.24, 2.45) is 5.73 Å². The van der Waals surface area contributed by atoms with Gasteiger partial charge in [-0.05, 0) is 60.2 Å². The Bertz CT molecular complexity index is 1260. The molecule has 0 bridgehead atoms. The summed E-state index contributed by atoms with van der Waals surface area (Å²) in [7, 11) is 0. The summed E-state index contributed by atoms with van der Waals surface area (Å²) in [6, 6.07) is 5.68. The summed E-state index contributed by atoms with van der Waals surface area (Å²) in [5.41, 5.74) is 11.9. The van der Waals surface area contributed by atoms with Crippen LogP contribution in [0.1, 0.15) is 62.6 Å². The fourth-order valence-corrected chi connectivity index (χ4v) is 4.11. The van der Waals surface area contributed by atoms with Crippen LogP contribution < -0.4 is 20.9 Å². The number of fused-ring (bicyclic) bond motifs is 2. The first-order chi connectivity index (χ1) is 17.0. The Morgan fingerprint density at radius 3 is 2.35 bits per heavy atom. The highest BCUT2D eigenvalue weighted by atomic mass is 35.5. The average molecular weight is 537 g/mol. The lowest BCUT2D eigenvalue weighted by atomic mass is 9.85. The Kier molecular flexibility index (Phi) is 9.44. The van der Waals surface area contributed by atoms with Crippen LogP contribution in [0.15, 0.2) is 24.3 Å². The number of hydrogen-bond acceptors (Lipinski definition) is 8. The molecule has 1 heterocycles. The van der Waals surface area contributed by atoms with Crippen LogP contribution in [0.25, 0.3) is 0 Å². The second-order valence-electron chi connectivity index (χ2n) is 8.15. The van der Waals surface area contributed by atoms with E-state index in [2.05, 4.69) is 0 Å². The maximum atomic E-state index is 13.0. The summed E-state index contributed by atoms with van der Waals surface area (Å²) in [4.78, 5) is 60.3. The molecule has 0 aromatic heterocycles. The Morgan fingerprint density at radius 2 is 1.76 bits per heavy atom. The number of carbonyl (C=O) groups excluding carboxylic acids is 2. The summed E-state index contributed by atoms with van der Waals surface area (Å²) >= 11 is 0. The van der Waals surface area contributed by atoms with Crippen LogP contribution in [0.3, 0.4) is 0 Å². The van der Waals surface area contributed by atoms with E-state index in [-0.39, 0.29) is 59.2 Å². The topological polar surface area (TPSA) is 217 Å². The molecule has 0 radical (unpaired) electrons. The van der Waals surface area contributed by atoms with E-state index >= 15 is 0 Å². The van der Waals surface area contributed by atoms with Crippen LogP contribution in [-0.2, 0) is 27.2 Å². The molecule has 1 aliphatic heterocycles. The number of anilines is 1. The largest absolute Gasteiger partial charge is 0.489 e. The van der Waals surface area contributed by atoms with Crippen molar-refractivity contribution >= 4 is 47.9 Å². The van der Waals surface area contributed by atoms with Gasteiger partial charge in [0.2, 0.25) is 0 Å². The molecule has 7 N–H and O–H groups in total. The van der Waals surface area contributed by atoms with Gasteiger partial charge in [0.25, 0.3) is 5.91 Å². The molecular formula is C24H25ClN2O10. The summed E-state index contributed by atoms with van der Waals surface area (Å²) in [6.07, 6.45) is -0.965. The van der Waals surface area contributed by atoms with E-state index in [1.807, 2.05) is 0 Å². The zero-order valence-corrected chi connectivity index (χ0v) is 20.2. The molecule has 1 atom stereocenters. The normalized spacial score (nSPS) is 13.5. The molecule has 0 aliphatic carbocycles. The number of nitrogen functional groups attached to an aromatic ring is 1. The molecule has 1 aliphatic rings. The van der Waals surface area contributed by atoms with Crippen molar-refractivity contribution < 1.29 is 48.8 Å². The number of esters is 1. The van der Waals surface area contributed by atoms with Gasteiger partial charge in [-0.3, -0.25) is 19.2 Å². The molecule has 0 spiro atoms. The van der Waals surface area contributed by atoms with Gasteiger partial charge in [-0.15, -0.1) is 12.4 Å². The highest BCUT2D eigenvalue weighted by Crippen LogP contribution is 2.41. The number of rotatable bonds is 8. The quantitative estimate of drug-likeness (QED) is 0.186. The Morgan fingerprint density at radius 1 is 1.05 bits per heavy atom. The van der Waals surface area contributed by atoms with E-state index in [4.69, 9.17) is 20.9 Å². The van der Waals surface area contributed by atoms with Crippen molar-refractivity contribution in [2.75, 3.05) is 12.3 Å². The van der Waals surface area contributed by atoms with E-state index in [1.54, 1.807) is 6.07 Å². The molecule has 13 heteroatoms. The molecule has 3 rings (SSSR count). The second kappa shape index (κ2) is 12.1. The van der Waals surface area contributed by atoms with Crippen LogP contribution >= 0.6 is 12.4 Å². The van der Waals surface area contributed by atoms with Gasteiger partial charge in [0, 0.05) is 12.1 Å². The number of hydrogen-bond donors (Lipinski definition) is 5. The third-order valence-corrected chi connectivity index (χ3v) is 5.66. The molecular weight excluding hydrogens is 512 g/mol. The minimum Gasteiger partial charge on any atom is -0.489 e. The number of carboxylic acids is 3. The van der Waals surface area contributed by atoms with Crippen molar-refractivity contribution in [3.63, 3.8) is 0 Å². The number of amides is 1. The van der Waals surface area contributed by atoms with Gasteiger partial charge >= 0.3 is 23.9 Å². The Balaban J connectivity index is 0.00000481. The lowest BCUT2D eigenvalue weighted by Gasteiger charge is -2.24. The van der Waals surface area contributed by atoms with Crippen molar-refractivity contribution in [2.45, 2.75) is 38.0 Å². The number of carboxylic acid groups (broad SMARTS) is 3. The van der Waals surface area contributed by atoms with E-state index in [9.17, 15) is 39.3 Å². The van der Waals surface area contributed by atoms with Crippen LogP contribution in [-0.4, -0.2) is 51.7 Å². The Labute approximate surface area is 216 Å². The average Bonchev–Trinajstić information content (AvgIpc) is 2.78. The lowest BCUT2D eigenvalue weighted by Crippen LogP contribution is -2.24. The first kappa shape index (κ1) is 28.9. The fraction of sp³-hybridized carbons (Fsp3) is 0.292. The first-order valence-electron chi connectivity index (χ1n) is 10.9. The molecule has 0 unspecified atom stereocenters. The molecule has 1 amide bonds. The van der Waals surface area contributed by atoms with Gasteiger partial charge in [0.1, 0.15) is 0 Å². The first-order valence-corrected chi connectivity index (χ1v) is 10.9. The monoisotopic (exact) mass is 536 g/mol. The highest BCUT2D eigenvalue weighted by molar-refractivity contribution is 6.01. The van der Waals surface area contributed by atoms with Gasteiger partial charge in [0.05, 0.1) is 30.1 Å². The molecule has 0 fully saturated rings. The van der Waals surface area contributed by atoms with E-state index < -0.39 is 48.5 Å². The second-order valence-corrected chi connectivity index (χ2v) is 8.15. The van der Waals surface area contributed by atoms with Crippen molar-refractivity contribution in [1.82, 2.24) is 0 Å². The van der Waals surface area contributed by atoms with Gasteiger partial charge in [-0.2, -0.15) is 0 Å². The van der Waals surface area contributed by atoms with Crippen LogP contribution in [0.5, 0.6) is 11.5 Å². The van der Waals surface area contributed by atoms with Crippen LogP contribution in [0, 0.1) is 0 Å². The number of primary amides is 1. The zero-order chi connectivity index (χ0) is 26.6. The molecule has 198 valence electrons. The summed E-state index contributed by atoms with van der Waals surface area (Å²) in [5.74, 6) is -8.47. The van der Waals surface area contributed by atoms with E-state index in [1.165, 1.54) is 12.1 Å². The number of aliphatic carboxylic acids is 3. The third-order valence-electron chi connectivity index (χ3n) is 5.66. The number of nitrogens with two attached hydrogens (primary N) is 2. The highest BCUT2D eigenvalue weighted by Gasteiger charge is 2.33. The maximum Gasteiger partial charge on any atom is 0.343 e. The van der Waals surface area contributed by atoms with E-state index in [0.717, 1.165) is 6.07 Å². The zero-order valence-electron chi connectivity index (χ0n) is 19.4. The standard InChI is InChI=1S/C24H24N2O10.ClH/c25-12-3-4-13-11(8-12)2-1-7-35-21-17(36-24(13)34)9-15(16(23(32)33)10-19(29)30)14(5-6-18(27)28)20(21)22(26)31;/h3-4,8-9,16H,1-2,5-7,10,25H2,(H2,26,31)(H,27,28)(H,29,30)(H,32,33);1H/t16-;/m0./s1. The number of halogens is 1. The van der Waals surface area contributed by atoms with Crippen molar-refractivity contribution in [3.05, 3.63) is 52.1 Å². The molecule has 2 aromatic carbocycles. The maximum absolute atomic E-state index is 13.0. The number of carbonyl (C=O) groups is 5. The number of benzene rings is 2. The number of aryl methyl sites for hydroxylation is 1. The molecule has 0 saturated heterocycles. The van der Waals surface area contributed by atoms with Crippen LogP contribution in [0.4, 0.5) is 5.69 Å². The molecule has 37 heavy (non-hydrogen) atoms. The van der Waals surface area contributed by atoms with Crippen molar-refractivity contribution in [1.29, 1.82) is 0 Å². The summed E-state index contributed by atoms with van der Waals surface area (Å²) < 4.78 is 11.3. The SMILES string of the molecule is Cl.NC(=O)c1c(CCC(=O)O)c([C@H](CC(=O)O)C(=O)O)cc2c1OCCCc1cc(N)ccc1C(=O)O2. The van der Waals surface area contributed by atoms with E-state index in [0.29, 0.717) is 24.1 Å². The minimum absolute atomic E-state index is 0. The smallest absolute Gasteiger partial charge is 0.343 e. The summed E-state index contributed by atoms with van der Waals surface area (Å²) in [6.45, 7) is 0.0360. The Hall–Kier alpha value is -4.32. The molecule has 0 saturated carbocycles. The van der Waals surface area contributed by atoms with Gasteiger partial charge in [0.15, 0.2) is 11.5 Å². The lowest BCUT2D eigenvalue weighted by molar-refractivity contribution is -0.145. The van der Waals surface area contributed by atoms with Gasteiger partial charge in [-0.1, -0.05) is 0 Å². The molecule has 2 aromatic rings. The van der Waals surface area contributed by atoms with Gasteiger partial charge in [-0.25, -0.2) is 4.79 Å². The fourth-order valence-electron chi connectivity index (χ4n) is 4.11. The predicted molar refractivity (Wildman–Crippen MR) is 130 cm³/mol. The molecule has 12 nitrogen and oxygen atoms in total. The third kappa shape index (κ3) is 6.67. The number of ether oxygens (including phenoxy) is 2. The minimum atomic E-state index is -1.70. The predicted octanol–water partition coefficient (Wildman–Crippen LogP) is 1.99. The summed E-state index contributed by atoms with van der Waals surface area (Å²) in [5, 5.41) is 28.2. The van der Waals surface area contributed by atoms with Crippen molar-refractivity contribution in [3.8, 4) is 11.5 Å². The van der Waals surface area contributed by atoms with Gasteiger partial charge < -0.3 is 36.3 Å². The van der Waals surface area contributed by atoms with Crippen LogP contribution in [0.2, 0.25) is 0 Å².